The van der Waals surface area contributed by atoms with Gasteiger partial charge in [0.05, 0.1) is 17.3 Å². The van der Waals surface area contributed by atoms with Gasteiger partial charge in [0.25, 0.3) is 0 Å². The highest BCUT2D eigenvalue weighted by Gasteiger charge is 2.17. The molecule has 0 saturated heterocycles. The van der Waals surface area contributed by atoms with Gasteiger partial charge >= 0.3 is 5.97 Å². The van der Waals surface area contributed by atoms with Crippen molar-refractivity contribution in [2.24, 2.45) is 5.73 Å². The lowest BCUT2D eigenvalue weighted by Gasteiger charge is -2.12. The number of hydrogen-bond acceptors (Lipinski definition) is 8. The standard InChI is InChI=1S/C20H23N3O3S2/c1-4-14(6-5-9-21)11-26-20(24)16(22)12-27-13(2)19-23-17-8-7-15(25-3)10-18(17)28-19/h4-10,16,21H,2,11-12,22H2,1,3H3/b6-5-,14-4+,21-9?/t16-/m1/s1. The Labute approximate surface area is 172 Å². The first-order valence-electron chi connectivity index (χ1n) is 8.49. The summed E-state index contributed by atoms with van der Waals surface area (Å²) in [6.07, 6.45) is 6.26. The van der Waals surface area contributed by atoms with Crippen LogP contribution in [-0.2, 0) is 9.53 Å². The molecule has 0 unspecified atom stereocenters. The quantitative estimate of drug-likeness (QED) is 0.344. The van der Waals surface area contributed by atoms with E-state index in [1.807, 2.05) is 31.2 Å². The summed E-state index contributed by atoms with van der Waals surface area (Å²) in [5.41, 5.74) is 7.62. The number of nitrogens with zero attached hydrogens (tertiary/aromatic N) is 1. The molecule has 1 aromatic heterocycles. The molecule has 1 heterocycles. The van der Waals surface area contributed by atoms with Crippen LogP contribution in [0.1, 0.15) is 11.9 Å². The van der Waals surface area contributed by atoms with Gasteiger partial charge in [-0.1, -0.05) is 18.7 Å². The molecule has 0 radical (unpaired) electrons. The molecule has 2 aromatic rings. The number of ether oxygens (including phenoxy) is 2. The van der Waals surface area contributed by atoms with Crippen LogP contribution in [0, 0.1) is 5.41 Å². The van der Waals surface area contributed by atoms with Gasteiger partial charge < -0.3 is 20.6 Å². The average molecular weight is 418 g/mol. The molecule has 28 heavy (non-hydrogen) atoms. The Morgan fingerprint density at radius 3 is 2.96 bits per heavy atom. The Morgan fingerprint density at radius 1 is 1.50 bits per heavy atom. The number of hydrogen-bond donors (Lipinski definition) is 2. The third-order valence-electron chi connectivity index (χ3n) is 3.73. The number of carbonyl (C=O) groups is 1. The van der Waals surface area contributed by atoms with Crippen LogP contribution < -0.4 is 10.5 Å². The Bertz CT molecular complexity index is 919. The number of esters is 1. The zero-order chi connectivity index (χ0) is 20.5. The minimum atomic E-state index is -0.763. The smallest absolute Gasteiger partial charge is 0.324 e. The number of nitrogens with two attached hydrogens (primary N) is 1. The van der Waals surface area contributed by atoms with Gasteiger partial charge in [0, 0.05) is 16.9 Å². The summed E-state index contributed by atoms with van der Waals surface area (Å²) in [6, 6.07) is 4.94. The summed E-state index contributed by atoms with van der Waals surface area (Å²) in [5.74, 6) is 0.650. The zero-order valence-electron chi connectivity index (χ0n) is 15.8. The average Bonchev–Trinajstić information content (AvgIpc) is 3.14. The first-order chi connectivity index (χ1) is 13.5. The Hall–Kier alpha value is -2.42. The van der Waals surface area contributed by atoms with E-state index in [0.717, 1.165) is 37.7 Å². The van der Waals surface area contributed by atoms with E-state index in [-0.39, 0.29) is 6.61 Å². The molecule has 0 spiro atoms. The fraction of sp³-hybridized carbons (Fsp3) is 0.250. The monoisotopic (exact) mass is 417 g/mol. The van der Waals surface area contributed by atoms with Crippen molar-refractivity contribution in [1.82, 2.24) is 4.98 Å². The van der Waals surface area contributed by atoms with E-state index in [9.17, 15) is 4.79 Å². The van der Waals surface area contributed by atoms with Crippen molar-refractivity contribution in [3.8, 4) is 5.75 Å². The fourth-order valence-corrected chi connectivity index (χ4v) is 3.98. The minimum absolute atomic E-state index is 0.124. The lowest BCUT2D eigenvalue weighted by atomic mass is 10.2. The second kappa shape index (κ2) is 10.8. The number of aromatic nitrogens is 1. The van der Waals surface area contributed by atoms with Gasteiger partial charge in [-0.15, -0.1) is 23.1 Å². The van der Waals surface area contributed by atoms with Crippen molar-refractivity contribution in [3.05, 3.63) is 53.6 Å². The molecule has 148 valence electrons. The van der Waals surface area contributed by atoms with E-state index in [0.29, 0.717) is 5.75 Å². The maximum atomic E-state index is 12.1. The molecule has 0 aliphatic carbocycles. The summed E-state index contributed by atoms with van der Waals surface area (Å²) < 4.78 is 11.5. The van der Waals surface area contributed by atoms with E-state index in [1.54, 1.807) is 19.3 Å². The molecule has 8 heteroatoms. The van der Waals surface area contributed by atoms with Crippen LogP contribution in [0.3, 0.4) is 0 Å². The van der Waals surface area contributed by atoms with Crippen LogP contribution in [0.5, 0.6) is 5.75 Å². The van der Waals surface area contributed by atoms with Gasteiger partial charge in [0.15, 0.2) is 0 Å². The van der Waals surface area contributed by atoms with Crippen LogP contribution in [0.15, 0.2) is 48.6 Å². The second-order valence-corrected chi connectivity index (χ2v) is 7.84. The molecule has 6 nitrogen and oxygen atoms in total. The number of nitrogens with one attached hydrogen (secondary N) is 1. The summed E-state index contributed by atoms with van der Waals surface area (Å²) in [6.45, 7) is 6.01. The van der Waals surface area contributed by atoms with Crippen molar-refractivity contribution in [1.29, 1.82) is 5.41 Å². The van der Waals surface area contributed by atoms with Crippen LogP contribution in [0.25, 0.3) is 15.1 Å². The lowest BCUT2D eigenvalue weighted by molar-refractivity contribution is -0.143. The molecular formula is C20H23N3O3S2. The number of benzene rings is 1. The van der Waals surface area contributed by atoms with Crippen LogP contribution >= 0.6 is 23.1 Å². The second-order valence-electron chi connectivity index (χ2n) is 5.69. The van der Waals surface area contributed by atoms with Gasteiger partial charge in [-0.25, -0.2) is 4.98 Å². The van der Waals surface area contributed by atoms with Gasteiger partial charge in [0.2, 0.25) is 0 Å². The molecule has 1 aromatic carbocycles. The first kappa shape index (κ1) is 21.9. The maximum Gasteiger partial charge on any atom is 0.324 e. The molecule has 3 N–H and O–H groups in total. The zero-order valence-corrected chi connectivity index (χ0v) is 17.4. The number of thioether (sulfide) groups is 1. The SMILES string of the molecule is C=C(SC[C@@H](N)C(=O)OCC(/C=C\C=N)=C/C)c1nc2ccc(OC)cc2s1. The third-order valence-corrected chi connectivity index (χ3v) is 6.01. The Kier molecular flexibility index (Phi) is 8.43. The minimum Gasteiger partial charge on any atom is -0.497 e. The number of fused-ring (bicyclic) bond motifs is 1. The lowest BCUT2D eigenvalue weighted by Crippen LogP contribution is -2.34. The summed E-state index contributed by atoms with van der Waals surface area (Å²) in [4.78, 5) is 17.4. The number of methoxy groups -OCH3 is 1. The van der Waals surface area contributed by atoms with E-state index >= 15 is 0 Å². The van der Waals surface area contributed by atoms with Gasteiger partial charge in [-0.2, -0.15) is 0 Å². The highest BCUT2D eigenvalue weighted by Crippen LogP contribution is 2.34. The number of carbonyl (C=O) groups excluding carboxylic acids is 1. The predicted octanol–water partition coefficient (Wildman–Crippen LogP) is 4.03. The van der Waals surface area contributed by atoms with Gasteiger partial charge in [-0.05, 0) is 36.8 Å². The Balaban J connectivity index is 1.88. The van der Waals surface area contributed by atoms with Crippen molar-refractivity contribution >= 4 is 50.4 Å². The molecule has 0 bridgehead atoms. The van der Waals surface area contributed by atoms with Crippen LogP contribution in [0.4, 0.5) is 0 Å². The molecule has 0 fully saturated rings. The first-order valence-corrected chi connectivity index (χ1v) is 10.3. The molecule has 0 aliphatic rings. The van der Waals surface area contributed by atoms with E-state index in [4.69, 9.17) is 20.6 Å². The summed E-state index contributed by atoms with van der Waals surface area (Å²) in [5, 5.41) is 7.78. The predicted molar refractivity (Wildman–Crippen MR) is 118 cm³/mol. The fourth-order valence-electron chi connectivity index (χ4n) is 2.13. The molecular weight excluding hydrogens is 394 g/mol. The van der Waals surface area contributed by atoms with E-state index in [2.05, 4.69) is 11.6 Å². The van der Waals surface area contributed by atoms with Crippen molar-refractivity contribution in [3.63, 3.8) is 0 Å². The summed E-state index contributed by atoms with van der Waals surface area (Å²) in [7, 11) is 1.63. The number of rotatable bonds is 10. The van der Waals surface area contributed by atoms with Crippen molar-refractivity contribution in [2.75, 3.05) is 19.5 Å². The number of allylic oxidation sites excluding steroid dienone is 2. The topological polar surface area (TPSA) is 98.3 Å². The van der Waals surface area contributed by atoms with E-state index < -0.39 is 12.0 Å². The van der Waals surface area contributed by atoms with Gasteiger partial charge in [0.1, 0.15) is 23.4 Å². The summed E-state index contributed by atoms with van der Waals surface area (Å²) >= 11 is 2.90. The maximum absolute atomic E-state index is 12.1. The van der Waals surface area contributed by atoms with Gasteiger partial charge in [-0.3, -0.25) is 4.79 Å². The third kappa shape index (κ3) is 6.05. The molecule has 2 rings (SSSR count). The van der Waals surface area contributed by atoms with E-state index in [1.165, 1.54) is 23.1 Å². The normalized spacial score (nSPS) is 12.9. The Morgan fingerprint density at radius 2 is 2.29 bits per heavy atom. The molecule has 1 atom stereocenters. The molecule has 0 amide bonds. The number of thiazole rings is 1. The van der Waals surface area contributed by atoms with Crippen LogP contribution in [0.2, 0.25) is 0 Å². The highest BCUT2D eigenvalue weighted by atomic mass is 32.2. The molecule has 0 aliphatic heterocycles. The van der Waals surface area contributed by atoms with Crippen LogP contribution in [-0.4, -0.2) is 42.7 Å². The largest absolute Gasteiger partial charge is 0.497 e. The van der Waals surface area contributed by atoms with Crippen molar-refractivity contribution in [2.45, 2.75) is 13.0 Å². The molecule has 0 saturated carbocycles. The highest BCUT2D eigenvalue weighted by molar-refractivity contribution is 8.08. The van der Waals surface area contributed by atoms with Crippen molar-refractivity contribution < 1.29 is 14.3 Å².